The molecular formula is C15H22Cl2N2O4S. The Hall–Kier alpha value is -1.02. The van der Waals surface area contributed by atoms with Crippen LogP contribution in [0.1, 0.15) is 20.3 Å². The largest absolute Gasteiger partial charge is 0.479 e. The predicted molar refractivity (Wildman–Crippen MR) is 96.3 cm³/mol. The summed E-state index contributed by atoms with van der Waals surface area (Å²) in [5.74, 6) is 0.0707. The molecule has 136 valence electrons. The van der Waals surface area contributed by atoms with Crippen LogP contribution < -0.4 is 10.1 Å². The molecule has 6 nitrogen and oxygen atoms in total. The van der Waals surface area contributed by atoms with E-state index in [0.717, 1.165) is 0 Å². The summed E-state index contributed by atoms with van der Waals surface area (Å²) in [6.45, 7) is 4.49. The Bertz CT molecular complexity index is 667. The molecule has 0 fully saturated rings. The van der Waals surface area contributed by atoms with E-state index >= 15 is 0 Å². The summed E-state index contributed by atoms with van der Waals surface area (Å²) < 4.78 is 29.8. The van der Waals surface area contributed by atoms with Crippen molar-refractivity contribution in [3.05, 3.63) is 28.2 Å². The first kappa shape index (κ1) is 21.0. The Kier molecular flexibility index (Phi) is 8.29. The third-order valence-corrected chi connectivity index (χ3v) is 5.18. The summed E-state index contributed by atoms with van der Waals surface area (Å²) in [6.07, 6.45) is 0.947. The molecule has 0 aliphatic rings. The second kappa shape index (κ2) is 9.46. The van der Waals surface area contributed by atoms with Crippen LogP contribution in [0.25, 0.3) is 0 Å². The van der Waals surface area contributed by atoms with Gasteiger partial charge in [-0.15, -0.1) is 0 Å². The minimum absolute atomic E-state index is 0.302. The molecule has 0 heterocycles. The Labute approximate surface area is 153 Å². The van der Waals surface area contributed by atoms with Crippen LogP contribution in [0.2, 0.25) is 10.0 Å². The highest BCUT2D eigenvalue weighted by molar-refractivity contribution is 7.88. The van der Waals surface area contributed by atoms with Crippen LogP contribution in [-0.4, -0.2) is 50.6 Å². The molecular weight excluding hydrogens is 375 g/mol. The zero-order valence-corrected chi connectivity index (χ0v) is 16.2. The Morgan fingerprint density at radius 2 is 2.04 bits per heavy atom. The maximum atomic E-state index is 12.0. The molecule has 9 heteroatoms. The van der Waals surface area contributed by atoms with E-state index in [4.69, 9.17) is 27.9 Å². The number of benzene rings is 1. The van der Waals surface area contributed by atoms with Gasteiger partial charge in [0, 0.05) is 24.7 Å². The Morgan fingerprint density at radius 1 is 1.38 bits per heavy atom. The Morgan fingerprint density at radius 3 is 2.58 bits per heavy atom. The van der Waals surface area contributed by atoms with Crippen molar-refractivity contribution >= 4 is 39.1 Å². The quantitative estimate of drug-likeness (QED) is 0.650. The van der Waals surface area contributed by atoms with Crippen molar-refractivity contribution in [1.29, 1.82) is 0 Å². The Balaban J connectivity index is 2.42. The van der Waals surface area contributed by atoms with Crippen LogP contribution in [0.4, 0.5) is 0 Å². The SMILES string of the molecule is CCN(CCCNC(=O)C(C)Oc1ccc(Cl)cc1Cl)S(C)(=O)=O. The van der Waals surface area contributed by atoms with Crippen LogP contribution >= 0.6 is 23.2 Å². The first-order valence-corrected chi connectivity index (χ1v) is 10.1. The summed E-state index contributed by atoms with van der Waals surface area (Å²) in [5, 5.41) is 3.52. The van der Waals surface area contributed by atoms with Gasteiger partial charge in [-0.25, -0.2) is 12.7 Å². The van der Waals surface area contributed by atoms with Crippen molar-refractivity contribution in [1.82, 2.24) is 9.62 Å². The lowest BCUT2D eigenvalue weighted by molar-refractivity contribution is -0.127. The average molecular weight is 397 g/mol. The maximum absolute atomic E-state index is 12.0. The number of carbonyl (C=O) groups is 1. The number of carbonyl (C=O) groups excluding carboxylic acids is 1. The van der Waals surface area contributed by atoms with Gasteiger partial charge in [0.15, 0.2) is 6.10 Å². The molecule has 0 aliphatic carbocycles. The second-order valence-corrected chi connectivity index (χ2v) is 8.06. The van der Waals surface area contributed by atoms with Crippen molar-refractivity contribution in [3.63, 3.8) is 0 Å². The number of amides is 1. The van der Waals surface area contributed by atoms with Crippen LogP contribution in [-0.2, 0) is 14.8 Å². The van der Waals surface area contributed by atoms with Gasteiger partial charge in [-0.1, -0.05) is 30.1 Å². The van der Waals surface area contributed by atoms with Crippen LogP contribution in [0.5, 0.6) is 5.75 Å². The van der Waals surface area contributed by atoms with Crippen LogP contribution in [0, 0.1) is 0 Å². The number of nitrogens with one attached hydrogen (secondary N) is 1. The number of hydrogen-bond donors (Lipinski definition) is 1. The van der Waals surface area contributed by atoms with Crippen LogP contribution in [0.3, 0.4) is 0 Å². The summed E-state index contributed by atoms with van der Waals surface area (Å²) in [7, 11) is -3.21. The third kappa shape index (κ3) is 6.84. The smallest absolute Gasteiger partial charge is 0.260 e. The molecule has 0 spiro atoms. The van der Waals surface area contributed by atoms with Gasteiger partial charge in [-0.05, 0) is 31.5 Å². The van der Waals surface area contributed by atoms with Gasteiger partial charge < -0.3 is 10.1 Å². The van der Waals surface area contributed by atoms with Gasteiger partial charge in [-0.2, -0.15) is 0 Å². The molecule has 24 heavy (non-hydrogen) atoms. The number of sulfonamides is 1. The summed E-state index contributed by atoms with van der Waals surface area (Å²) in [6, 6.07) is 4.76. The number of rotatable bonds is 9. The van der Waals surface area contributed by atoms with Gasteiger partial charge in [0.05, 0.1) is 11.3 Å². The minimum Gasteiger partial charge on any atom is -0.479 e. The van der Waals surface area contributed by atoms with E-state index in [-0.39, 0.29) is 5.91 Å². The fourth-order valence-electron chi connectivity index (χ4n) is 1.98. The molecule has 1 aromatic rings. The number of nitrogens with zero attached hydrogens (tertiary/aromatic N) is 1. The molecule has 1 rings (SSSR count). The molecule has 0 aromatic heterocycles. The molecule has 0 bridgehead atoms. The third-order valence-electron chi connectivity index (χ3n) is 3.27. The highest BCUT2D eigenvalue weighted by Gasteiger charge is 2.17. The fraction of sp³-hybridized carbons (Fsp3) is 0.533. The first-order chi connectivity index (χ1) is 11.1. The molecule has 1 unspecified atom stereocenters. The van der Waals surface area contributed by atoms with E-state index in [1.807, 2.05) is 0 Å². The first-order valence-electron chi connectivity index (χ1n) is 7.49. The van der Waals surface area contributed by atoms with E-state index in [9.17, 15) is 13.2 Å². The average Bonchev–Trinajstić information content (AvgIpc) is 2.48. The van der Waals surface area contributed by atoms with Gasteiger partial charge in [-0.3, -0.25) is 4.79 Å². The zero-order valence-electron chi connectivity index (χ0n) is 13.9. The van der Waals surface area contributed by atoms with Crippen molar-refractivity contribution in [2.24, 2.45) is 0 Å². The lowest BCUT2D eigenvalue weighted by Gasteiger charge is -2.18. The standard InChI is InChI=1S/C15H22Cl2N2O4S/c1-4-19(24(3,21)22)9-5-8-18-15(20)11(2)23-14-7-6-12(16)10-13(14)17/h6-7,10-11H,4-5,8-9H2,1-3H3,(H,18,20). The van der Waals surface area contributed by atoms with E-state index in [1.165, 1.54) is 16.6 Å². The summed E-state index contributed by atoms with van der Waals surface area (Å²) in [5.41, 5.74) is 0. The summed E-state index contributed by atoms with van der Waals surface area (Å²) >= 11 is 11.8. The van der Waals surface area contributed by atoms with Gasteiger partial charge in [0.25, 0.3) is 5.91 Å². The van der Waals surface area contributed by atoms with Crippen molar-refractivity contribution in [2.45, 2.75) is 26.4 Å². The minimum atomic E-state index is -3.21. The lowest BCUT2D eigenvalue weighted by Crippen LogP contribution is -2.38. The highest BCUT2D eigenvalue weighted by Crippen LogP contribution is 2.28. The molecule has 0 saturated carbocycles. The molecule has 0 radical (unpaired) electrons. The lowest BCUT2D eigenvalue weighted by atomic mass is 10.3. The van der Waals surface area contributed by atoms with Gasteiger partial charge in [0.2, 0.25) is 10.0 Å². The summed E-state index contributed by atoms with van der Waals surface area (Å²) in [4.78, 5) is 12.0. The molecule has 1 amide bonds. The molecule has 0 saturated heterocycles. The van der Waals surface area contributed by atoms with E-state index in [1.54, 1.807) is 26.0 Å². The second-order valence-electron chi connectivity index (χ2n) is 5.23. The van der Waals surface area contributed by atoms with E-state index in [0.29, 0.717) is 41.8 Å². The predicted octanol–water partition coefficient (Wildman–Crippen LogP) is 2.55. The normalized spacial score (nSPS) is 12.9. The van der Waals surface area contributed by atoms with Crippen molar-refractivity contribution in [3.8, 4) is 5.75 Å². The van der Waals surface area contributed by atoms with Crippen molar-refractivity contribution in [2.75, 3.05) is 25.9 Å². The topological polar surface area (TPSA) is 75.7 Å². The van der Waals surface area contributed by atoms with Gasteiger partial charge in [0.1, 0.15) is 5.75 Å². The zero-order chi connectivity index (χ0) is 18.3. The molecule has 0 aliphatic heterocycles. The van der Waals surface area contributed by atoms with E-state index < -0.39 is 16.1 Å². The molecule has 1 atom stereocenters. The number of hydrogen-bond acceptors (Lipinski definition) is 4. The molecule has 1 N–H and O–H groups in total. The monoisotopic (exact) mass is 396 g/mol. The fourth-order valence-corrected chi connectivity index (χ4v) is 3.37. The van der Waals surface area contributed by atoms with Crippen LogP contribution in [0.15, 0.2) is 18.2 Å². The highest BCUT2D eigenvalue weighted by atomic mass is 35.5. The van der Waals surface area contributed by atoms with Gasteiger partial charge >= 0.3 is 0 Å². The number of ether oxygens (including phenoxy) is 1. The van der Waals surface area contributed by atoms with E-state index in [2.05, 4.69) is 5.32 Å². The van der Waals surface area contributed by atoms with Crippen molar-refractivity contribution < 1.29 is 17.9 Å². The maximum Gasteiger partial charge on any atom is 0.260 e. The molecule has 1 aromatic carbocycles. The number of halogens is 2.